The number of benzene rings is 4. The van der Waals surface area contributed by atoms with Gasteiger partial charge in [0.25, 0.3) is 11.9 Å². The van der Waals surface area contributed by atoms with Crippen LogP contribution in [-0.2, 0) is 72.1 Å². The molecule has 0 saturated heterocycles. The number of nitrogens with zero attached hydrogens (tertiary/aromatic N) is 4. The van der Waals surface area contributed by atoms with Gasteiger partial charge < -0.3 is 29.7 Å². The van der Waals surface area contributed by atoms with Gasteiger partial charge in [0.1, 0.15) is 11.5 Å². The summed E-state index contributed by atoms with van der Waals surface area (Å²) in [4.78, 5) is 36.1. The molecule has 0 fully saturated rings. The van der Waals surface area contributed by atoms with Crippen LogP contribution in [-0.4, -0.2) is 42.1 Å². The third-order valence-electron chi connectivity index (χ3n) is 11.4. The van der Waals surface area contributed by atoms with E-state index in [1.807, 2.05) is 85.2 Å². The number of hydrogen-bond donors (Lipinski definition) is 2. The maximum Gasteiger partial charge on any atom is 2.00 e. The Kier molecular flexibility index (Phi) is 27.5. The standard InChI is InChI=1S/C30H32N2O.C30H30N2O.C5H4.2C2H4O2.2Pd/c2*1-29(2,3)23-15-21(27-11-7-9-13-31-27)17-25(19-23)33-26-18-22(28-12-8-10-14-32-28)16-24(20-26)30(4,5)6;1-3-5-4-2;2*1-2(3)4;;/h7-20H,1-6H3;7-16,19-20H,1-6H3;1H,2H3;2*1H3,(H,3,4);;/q;-2;;;;;+2. The Hall–Kier alpha value is -7.54. The van der Waals surface area contributed by atoms with Crippen molar-refractivity contribution in [2.24, 2.45) is 0 Å². The van der Waals surface area contributed by atoms with Crippen LogP contribution in [0.3, 0.4) is 0 Å². The minimum Gasteiger partial charge on any atom is -0.497 e. The van der Waals surface area contributed by atoms with Crippen LogP contribution in [0.5, 0.6) is 23.0 Å². The number of carbonyl (C=O) groups is 2. The predicted octanol–water partition coefficient (Wildman–Crippen LogP) is 16.8. The van der Waals surface area contributed by atoms with Crippen LogP contribution in [0, 0.1) is 36.3 Å². The van der Waals surface area contributed by atoms with Crippen molar-refractivity contribution in [3.8, 4) is 92.2 Å². The Morgan fingerprint density at radius 3 is 1.01 bits per heavy atom. The van der Waals surface area contributed by atoms with Crippen LogP contribution in [0.25, 0.3) is 45.0 Å². The number of ether oxygens (including phenoxy) is 2. The molecule has 12 heteroatoms. The van der Waals surface area contributed by atoms with E-state index in [4.69, 9.17) is 35.7 Å². The first-order chi connectivity index (χ1) is 37.1. The maximum absolute atomic E-state index is 9.00. The van der Waals surface area contributed by atoms with Crippen LogP contribution >= 0.6 is 0 Å². The summed E-state index contributed by atoms with van der Waals surface area (Å²) in [6.45, 7) is 30.3. The van der Waals surface area contributed by atoms with Gasteiger partial charge in [-0.05, 0) is 136 Å². The summed E-state index contributed by atoms with van der Waals surface area (Å²) in [5.74, 6) is 8.32. The molecular formula is C69H74N4O6Pd2. The first kappa shape index (κ1) is 69.6. The predicted molar refractivity (Wildman–Crippen MR) is 320 cm³/mol. The summed E-state index contributed by atoms with van der Waals surface area (Å²) < 4.78 is 12.9. The molecule has 0 saturated carbocycles. The summed E-state index contributed by atoms with van der Waals surface area (Å²) in [5, 5.41) is 14.8. The summed E-state index contributed by atoms with van der Waals surface area (Å²) in [6.07, 6.45) is 12.0. The minimum absolute atomic E-state index is 0. The van der Waals surface area contributed by atoms with Crippen LogP contribution in [0.4, 0.5) is 0 Å². The van der Waals surface area contributed by atoms with Gasteiger partial charge in [-0.3, -0.25) is 19.6 Å². The van der Waals surface area contributed by atoms with Crippen LogP contribution < -0.4 is 9.47 Å². The van der Waals surface area contributed by atoms with Crippen LogP contribution in [0.2, 0.25) is 0 Å². The van der Waals surface area contributed by atoms with E-state index < -0.39 is 11.9 Å². The SMILES string of the molecule is C#CC#CC.CC(=O)O.CC(=O)O.CC(C)(C)c1cc(Oc2[c-]c(-c3ccccn3)cc(C(C)(C)C)c2)[c-]c(-c2ccccn2)c1.CC(C)(C)c1cc(Oc2cc(-c3ccccn3)cc(C(C)(C)C)c2)cc(-c2ccccn2)c1.[Pd+2].[Pd]. The first-order valence-electron chi connectivity index (χ1n) is 25.8. The van der Waals surface area contributed by atoms with Crippen molar-refractivity contribution in [1.29, 1.82) is 0 Å². The molecule has 8 aromatic rings. The molecule has 2 N–H and O–H groups in total. The van der Waals surface area contributed by atoms with Crippen molar-refractivity contribution in [3.63, 3.8) is 0 Å². The fraction of sp³-hybridized carbons (Fsp3) is 0.275. The normalized spacial score (nSPS) is 10.5. The fourth-order valence-corrected chi connectivity index (χ4v) is 7.25. The van der Waals surface area contributed by atoms with Gasteiger partial charge in [-0.2, -0.15) is 0 Å². The number of hydrogen-bond acceptors (Lipinski definition) is 8. The quantitative estimate of drug-likeness (QED) is 0.0857. The van der Waals surface area contributed by atoms with E-state index in [0.717, 1.165) is 81.5 Å². The second kappa shape index (κ2) is 32.0. The number of pyridine rings is 4. The zero-order valence-corrected chi connectivity index (χ0v) is 52.1. The third kappa shape index (κ3) is 24.0. The van der Waals surface area contributed by atoms with Gasteiger partial charge >= 0.3 is 20.4 Å². The second-order valence-corrected chi connectivity index (χ2v) is 22.4. The van der Waals surface area contributed by atoms with Gasteiger partial charge in [-0.1, -0.05) is 150 Å². The van der Waals surface area contributed by atoms with Crippen molar-refractivity contribution in [3.05, 3.63) is 193 Å². The smallest absolute Gasteiger partial charge is 0.497 e. The molecule has 0 atom stereocenters. The summed E-state index contributed by atoms with van der Waals surface area (Å²) in [5.41, 5.74) is 12.1. The number of aromatic nitrogens is 4. The molecule has 0 aliphatic carbocycles. The monoisotopic (exact) mass is 1270 g/mol. The maximum atomic E-state index is 9.00. The zero-order chi connectivity index (χ0) is 58.6. The van der Waals surface area contributed by atoms with Crippen molar-refractivity contribution in [1.82, 2.24) is 19.9 Å². The number of terminal acetylenes is 1. The molecule has 0 amide bonds. The average molecular weight is 1270 g/mol. The summed E-state index contributed by atoms with van der Waals surface area (Å²) >= 11 is 0. The van der Waals surface area contributed by atoms with Crippen molar-refractivity contribution < 1.29 is 70.1 Å². The van der Waals surface area contributed by atoms with Gasteiger partial charge in [0, 0.05) is 81.7 Å². The Balaban J connectivity index is 0.000000446. The van der Waals surface area contributed by atoms with Gasteiger partial charge in [-0.25, -0.2) is 0 Å². The molecule has 0 aliphatic heterocycles. The molecule has 0 spiro atoms. The molecule has 81 heavy (non-hydrogen) atoms. The number of rotatable bonds is 8. The van der Waals surface area contributed by atoms with E-state index in [1.54, 1.807) is 19.3 Å². The Morgan fingerprint density at radius 1 is 0.469 bits per heavy atom. The molecule has 4 aromatic carbocycles. The van der Waals surface area contributed by atoms with E-state index in [2.05, 4.69) is 194 Å². The van der Waals surface area contributed by atoms with E-state index in [-0.39, 0.29) is 62.5 Å². The summed E-state index contributed by atoms with van der Waals surface area (Å²) in [6, 6.07) is 51.8. The Morgan fingerprint density at radius 2 is 0.765 bits per heavy atom. The fourth-order valence-electron chi connectivity index (χ4n) is 7.25. The molecule has 0 bridgehead atoms. The molecule has 0 radical (unpaired) electrons. The van der Waals surface area contributed by atoms with E-state index in [0.29, 0.717) is 11.5 Å². The van der Waals surface area contributed by atoms with Crippen LogP contribution in [0.1, 0.15) is 126 Å². The Labute approximate surface area is 509 Å². The molecule has 0 aliphatic rings. The van der Waals surface area contributed by atoms with Gasteiger partial charge in [0.15, 0.2) is 0 Å². The molecule has 0 unspecified atom stereocenters. The molecule has 8 rings (SSSR count). The summed E-state index contributed by atoms with van der Waals surface area (Å²) in [7, 11) is 0. The van der Waals surface area contributed by atoms with Gasteiger partial charge in [0.2, 0.25) is 0 Å². The molecular weight excluding hydrogens is 1190 g/mol. The number of carboxylic acids is 2. The largest absolute Gasteiger partial charge is 2.00 e. The van der Waals surface area contributed by atoms with Crippen molar-refractivity contribution in [2.45, 2.75) is 126 Å². The van der Waals surface area contributed by atoms with Gasteiger partial charge in [0.05, 0.1) is 11.4 Å². The zero-order valence-electron chi connectivity index (χ0n) is 49.0. The van der Waals surface area contributed by atoms with Crippen molar-refractivity contribution in [2.75, 3.05) is 0 Å². The third-order valence-corrected chi connectivity index (χ3v) is 11.4. The molecule has 4 aromatic heterocycles. The van der Waals surface area contributed by atoms with Gasteiger partial charge in [-0.15, -0.1) is 40.8 Å². The molecule has 10 nitrogen and oxygen atoms in total. The minimum atomic E-state index is -0.833. The topological polar surface area (TPSA) is 145 Å². The molecule has 426 valence electrons. The average Bonchev–Trinajstić information content (AvgIpc) is 3.38. The Bertz CT molecular complexity index is 2950. The van der Waals surface area contributed by atoms with Crippen molar-refractivity contribution >= 4 is 11.9 Å². The van der Waals surface area contributed by atoms with Crippen LogP contribution in [0.15, 0.2) is 158 Å². The number of aliphatic carboxylic acids is 2. The second-order valence-electron chi connectivity index (χ2n) is 22.4. The number of carboxylic acid groups (broad SMARTS) is 2. The van der Waals surface area contributed by atoms with E-state index >= 15 is 0 Å². The first-order valence-corrected chi connectivity index (χ1v) is 25.8. The van der Waals surface area contributed by atoms with E-state index in [9.17, 15) is 0 Å². The van der Waals surface area contributed by atoms with E-state index in [1.165, 1.54) is 11.1 Å². The molecule has 4 heterocycles.